The molecular formula is C105H202N6O7S. The Labute approximate surface area is 743 Å². The molecule has 0 saturated carbocycles. The van der Waals surface area contributed by atoms with Crippen molar-refractivity contribution in [3.05, 3.63) is 22.7 Å². The molecule has 0 aromatic heterocycles. The molecule has 6 aliphatic rings. The van der Waals surface area contributed by atoms with E-state index in [9.17, 15) is 34.2 Å². The number of nitrogens with zero attached hydrogens (tertiary/aromatic N) is 5. The van der Waals surface area contributed by atoms with Crippen molar-refractivity contribution >= 4 is 41.3 Å². The predicted octanol–water partition coefficient (Wildman–Crippen LogP) is 27.2. The molecule has 5 amide bonds. The van der Waals surface area contributed by atoms with Crippen LogP contribution < -0.4 is 5.32 Å². The fourth-order valence-corrected chi connectivity index (χ4v) is 17.9. The Morgan fingerprint density at radius 3 is 0.773 bits per heavy atom. The second-order valence-electron chi connectivity index (χ2n) is 52.6. The summed E-state index contributed by atoms with van der Waals surface area (Å²) in [6.45, 7) is 99.1. The Morgan fingerprint density at radius 1 is 0.370 bits per heavy atom. The van der Waals surface area contributed by atoms with Gasteiger partial charge in [0.1, 0.15) is 0 Å². The normalized spacial score (nSPS) is 18.8. The first-order valence-electron chi connectivity index (χ1n) is 48.2. The number of aliphatic hydroxyl groups is 2. The van der Waals surface area contributed by atoms with Crippen molar-refractivity contribution in [1.82, 2.24) is 29.8 Å². The second kappa shape index (κ2) is 48.2. The van der Waals surface area contributed by atoms with E-state index in [1.807, 2.05) is 14.7 Å². The predicted molar refractivity (Wildman–Crippen MR) is 516 cm³/mol. The highest BCUT2D eigenvalue weighted by atomic mass is 32.2. The van der Waals surface area contributed by atoms with E-state index in [2.05, 4.69) is 290 Å². The first-order chi connectivity index (χ1) is 53.5. The van der Waals surface area contributed by atoms with Crippen molar-refractivity contribution in [1.29, 1.82) is 0 Å². The summed E-state index contributed by atoms with van der Waals surface area (Å²) < 4.78 is 0. The zero-order chi connectivity index (χ0) is 92.5. The van der Waals surface area contributed by atoms with Crippen LogP contribution in [0.5, 0.6) is 0 Å². The van der Waals surface area contributed by atoms with E-state index in [0.29, 0.717) is 99.6 Å². The molecule has 0 bridgehead atoms. The number of hydrogen-bond donors (Lipinski definition) is 3. The SMILES string of the molecule is C=C1NC(C(CCCCC(C)(C)C)C(C)(C)C)=CS1.CC(C)(C)CCCCC(C(=O)N1CC(C)(O)C1)C(C)(C)C.CC(C)(C)CCCCC(C(=O)N1CC(O)C1)C(C)(C)C.CC(C)(C)CCCCC(C(=O)N1CCC1)C(C)(C)C.CC1CN(C(=O)C(CCCCC(C)(C)C)C(C)(C)C)C1.CC1CN(C(=O)C(CCCCC(C)(C)C)C(C)(C)C)C1. The number of aliphatic hydroxyl groups excluding tert-OH is 1. The molecule has 6 rings (SSSR count). The van der Waals surface area contributed by atoms with Gasteiger partial charge in [-0.15, -0.1) is 0 Å². The van der Waals surface area contributed by atoms with Gasteiger partial charge in [0.2, 0.25) is 29.5 Å². The molecule has 0 spiro atoms. The van der Waals surface area contributed by atoms with Gasteiger partial charge in [-0.05, 0) is 173 Å². The fraction of sp³-hybridized carbons (Fsp3) is 0.914. The van der Waals surface area contributed by atoms with Gasteiger partial charge in [-0.2, -0.15) is 0 Å². The number of amides is 5. The minimum Gasteiger partial charge on any atom is -0.389 e. The molecule has 700 valence electrons. The molecule has 14 heteroatoms. The smallest absolute Gasteiger partial charge is 0.226 e. The molecule has 3 N–H and O–H groups in total. The molecule has 0 aromatic carbocycles. The molecule has 6 heterocycles. The third kappa shape index (κ3) is 48.4. The van der Waals surface area contributed by atoms with Gasteiger partial charge in [0.05, 0.1) is 29.8 Å². The zero-order valence-corrected chi connectivity index (χ0v) is 87.1. The van der Waals surface area contributed by atoms with Crippen LogP contribution in [0, 0.1) is 112 Å². The van der Waals surface area contributed by atoms with E-state index < -0.39 is 5.60 Å². The van der Waals surface area contributed by atoms with Gasteiger partial charge >= 0.3 is 0 Å². The molecule has 0 aromatic rings. The van der Waals surface area contributed by atoms with E-state index in [4.69, 9.17) is 0 Å². The van der Waals surface area contributed by atoms with Gasteiger partial charge in [0, 0.05) is 93.6 Å². The van der Waals surface area contributed by atoms with Crippen molar-refractivity contribution in [3.8, 4) is 0 Å². The van der Waals surface area contributed by atoms with Gasteiger partial charge in [-0.3, -0.25) is 24.0 Å². The van der Waals surface area contributed by atoms with Gasteiger partial charge in [-0.1, -0.05) is 358 Å². The lowest BCUT2D eigenvalue weighted by atomic mass is 9.75. The highest BCUT2D eigenvalue weighted by molar-refractivity contribution is 8.06. The summed E-state index contributed by atoms with van der Waals surface area (Å²) >= 11 is 1.73. The molecule has 5 saturated heterocycles. The molecule has 5 fully saturated rings. The summed E-state index contributed by atoms with van der Waals surface area (Å²) in [6.07, 6.45) is 29.2. The molecular weight excluding hydrogens is 1490 g/mol. The molecule has 6 unspecified atom stereocenters. The monoisotopic (exact) mass is 1690 g/mol. The highest BCUT2D eigenvalue weighted by Gasteiger charge is 2.46. The van der Waals surface area contributed by atoms with Gasteiger partial charge in [0.25, 0.3) is 0 Å². The summed E-state index contributed by atoms with van der Waals surface area (Å²) in [5, 5.41) is 26.0. The largest absolute Gasteiger partial charge is 0.389 e. The van der Waals surface area contributed by atoms with Crippen molar-refractivity contribution in [3.63, 3.8) is 0 Å². The number of thioether (sulfide) groups is 1. The molecule has 6 atom stereocenters. The van der Waals surface area contributed by atoms with E-state index in [0.717, 1.165) is 89.2 Å². The van der Waals surface area contributed by atoms with E-state index in [1.165, 1.54) is 121 Å². The number of carbonyl (C=O) groups excluding carboxylic acids is 5. The summed E-state index contributed by atoms with van der Waals surface area (Å²) in [7, 11) is 0. The van der Waals surface area contributed by atoms with Crippen molar-refractivity contribution < 1.29 is 34.2 Å². The van der Waals surface area contributed by atoms with Crippen molar-refractivity contribution in [2.45, 2.75) is 442 Å². The number of allylic oxidation sites excluding steroid dienone is 1. The first kappa shape index (κ1) is 114. The average Bonchev–Trinajstić information content (AvgIpc) is 1.52. The Bertz CT molecular complexity index is 2820. The fourth-order valence-electron chi connectivity index (χ4n) is 17.2. The second-order valence-corrected chi connectivity index (χ2v) is 53.5. The summed E-state index contributed by atoms with van der Waals surface area (Å²) in [5.74, 6) is 4.37. The van der Waals surface area contributed by atoms with Crippen LogP contribution in [0.4, 0.5) is 0 Å². The number of nitrogens with one attached hydrogen (secondary N) is 1. The topological polar surface area (TPSA) is 154 Å². The Kier molecular flexibility index (Phi) is 46.1. The number of unbranched alkanes of at least 4 members (excludes halogenated alkanes) is 6. The Morgan fingerprint density at radius 2 is 0.597 bits per heavy atom. The van der Waals surface area contributed by atoms with Crippen LogP contribution in [0.2, 0.25) is 0 Å². The van der Waals surface area contributed by atoms with Gasteiger partial charge < -0.3 is 40.0 Å². The van der Waals surface area contributed by atoms with Crippen LogP contribution in [-0.2, 0) is 24.0 Å². The van der Waals surface area contributed by atoms with Crippen LogP contribution in [0.25, 0.3) is 0 Å². The maximum Gasteiger partial charge on any atom is 0.226 e. The third-order valence-electron chi connectivity index (χ3n) is 25.2. The number of rotatable bonds is 30. The molecule has 13 nitrogen and oxygen atoms in total. The average molecular weight is 1690 g/mol. The molecule has 6 aliphatic heterocycles. The van der Waals surface area contributed by atoms with Crippen LogP contribution in [-0.4, -0.2) is 141 Å². The number of likely N-dealkylation sites (tertiary alicyclic amines) is 5. The quantitative estimate of drug-likeness (QED) is 0.0596. The van der Waals surface area contributed by atoms with Gasteiger partial charge in [-0.25, -0.2) is 0 Å². The van der Waals surface area contributed by atoms with E-state index in [1.54, 1.807) is 18.7 Å². The summed E-state index contributed by atoms with van der Waals surface area (Å²) in [4.78, 5) is 72.7. The number of hydrogen-bond acceptors (Lipinski definition) is 9. The Hall–Kier alpha value is -3.10. The zero-order valence-electron chi connectivity index (χ0n) is 86.3. The van der Waals surface area contributed by atoms with Crippen molar-refractivity contribution in [2.75, 3.05) is 65.4 Å². The minimum absolute atomic E-state index is 0.000637. The Balaban J connectivity index is 0.000000714. The lowest BCUT2D eigenvalue weighted by molar-refractivity contribution is -0.160. The summed E-state index contributed by atoms with van der Waals surface area (Å²) in [6, 6.07) is 0. The van der Waals surface area contributed by atoms with Crippen LogP contribution in [0.15, 0.2) is 22.7 Å². The maximum absolute atomic E-state index is 12.7. The third-order valence-corrected chi connectivity index (χ3v) is 26.0. The van der Waals surface area contributed by atoms with Crippen LogP contribution >= 0.6 is 11.8 Å². The molecule has 0 radical (unpaired) electrons. The highest BCUT2D eigenvalue weighted by Crippen LogP contribution is 2.44. The van der Waals surface area contributed by atoms with Crippen LogP contribution in [0.1, 0.15) is 431 Å². The van der Waals surface area contributed by atoms with E-state index in [-0.39, 0.29) is 74.6 Å². The van der Waals surface area contributed by atoms with Crippen molar-refractivity contribution in [2.24, 2.45) is 112 Å². The minimum atomic E-state index is -0.676. The lowest BCUT2D eigenvalue weighted by Gasteiger charge is -2.47. The van der Waals surface area contributed by atoms with Gasteiger partial charge in [0.15, 0.2) is 0 Å². The summed E-state index contributed by atoms with van der Waals surface area (Å²) in [5.41, 5.74) is 3.70. The maximum atomic E-state index is 12.7. The lowest BCUT2D eigenvalue weighted by Crippen LogP contribution is -2.63. The van der Waals surface area contributed by atoms with E-state index >= 15 is 0 Å². The molecule has 0 aliphatic carbocycles. The molecule has 119 heavy (non-hydrogen) atoms. The standard InChI is InChI=1S/C18H35NO2.2C18H35NO.C17H33NO2.C17H33NO.C17H31NS/c1-16(2,3)11-9-8-10-14(17(4,5)6)15(20)19-12-18(7,21)13-19;2*1-14-12-19(13-14)16(20)15(18(5,6)7)10-8-9-11-17(2,3)4;1-16(2,3)10-8-7-9-14(17(4,5)6)15(20)18-11-13(19)12-18;1-16(2,3)11-8-7-10-14(17(4,5)6)15(19)18-12-9-13-18;1-13-18-15(12-19-13)14(17(5,6)7)10-8-9-11-16(2,3)4/h14,21H,8-13H2,1-7H3;2*14-15H,8-13H2,1-7H3;13-14,19H,7-12H2,1-6H3;14H,7-13H2,1-6H3;12,14,18H,1,8-11H2,2-7H3. The number of β-amino-alcohol motifs (C(OH)–C–C–N with tert-alkyl or cyclic N) is 2. The first-order valence-corrected chi connectivity index (χ1v) is 49.1. The number of carbonyl (C=O) groups is 5. The van der Waals surface area contributed by atoms with Crippen LogP contribution in [0.3, 0.4) is 0 Å².